The Labute approximate surface area is 111 Å². The smallest absolute Gasteiger partial charge is 0.246 e. The van der Waals surface area contributed by atoms with Crippen LogP contribution in [0, 0.1) is 0 Å². The molecule has 0 radical (unpaired) electrons. The third-order valence-electron chi connectivity index (χ3n) is 2.61. The van der Waals surface area contributed by atoms with E-state index in [2.05, 4.69) is 48.6 Å². The van der Waals surface area contributed by atoms with Crippen LogP contribution in [0.1, 0.15) is 34.1 Å². The van der Waals surface area contributed by atoms with Crippen LogP contribution in [0.25, 0.3) is 0 Å². The van der Waals surface area contributed by atoms with E-state index in [1.165, 1.54) is 0 Å². The molecule has 0 saturated carbocycles. The maximum absolute atomic E-state index is 11.4. The van der Waals surface area contributed by atoms with Crippen molar-refractivity contribution in [1.29, 1.82) is 0 Å². The molecule has 0 aromatic rings. The van der Waals surface area contributed by atoms with Crippen molar-refractivity contribution in [3.8, 4) is 0 Å². The summed E-state index contributed by atoms with van der Waals surface area (Å²) in [7, 11) is 0. The summed E-state index contributed by atoms with van der Waals surface area (Å²) in [6.07, 6.45) is 0.765. The second-order valence-electron chi connectivity index (χ2n) is 4.28. The van der Waals surface area contributed by atoms with E-state index < -0.39 is 0 Å². The van der Waals surface area contributed by atoms with Crippen molar-refractivity contribution < 1.29 is 4.79 Å². The van der Waals surface area contributed by atoms with Crippen LogP contribution in [-0.4, -0.2) is 37.9 Å². The molecule has 4 N–H and O–H groups in total. The number of hydrogen-bond donors (Lipinski definition) is 4. The van der Waals surface area contributed by atoms with E-state index in [4.69, 9.17) is 0 Å². The summed E-state index contributed by atoms with van der Waals surface area (Å²) >= 11 is 0. The SMILES string of the molecule is C=C(C)C(=O)NCCC(NCC)(NCC)NCC. The Morgan fingerprint density at radius 2 is 1.50 bits per heavy atom. The lowest BCUT2D eigenvalue weighted by Gasteiger charge is -2.36. The van der Waals surface area contributed by atoms with Crippen molar-refractivity contribution >= 4 is 5.91 Å². The van der Waals surface area contributed by atoms with Crippen molar-refractivity contribution in [3.05, 3.63) is 12.2 Å². The van der Waals surface area contributed by atoms with Gasteiger partial charge in [0.2, 0.25) is 5.91 Å². The summed E-state index contributed by atoms with van der Waals surface area (Å²) in [5.74, 6) is -0.408. The molecule has 0 aliphatic heterocycles. The Kier molecular flexibility index (Phi) is 8.62. The molecule has 0 atom stereocenters. The third kappa shape index (κ3) is 6.14. The largest absolute Gasteiger partial charge is 0.352 e. The van der Waals surface area contributed by atoms with Crippen molar-refractivity contribution in [1.82, 2.24) is 21.3 Å². The lowest BCUT2D eigenvalue weighted by Crippen LogP contribution is -2.67. The average Bonchev–Trinajstić information content (AvgIpc) is 2.29. The lowest BCUT2D eigenvalue weighted by atomic mass is 10.2. The molecular formula is C13H28N4O. The molecular weight excluding hydrogens is 228 g/mol. The van der Waals surface area contributed by atoms with Crippen molar-refractivity contribution in [2.45, 2.75) is 39.9 Å². The van der Waals surface area contributed by atoms with Gasteiger partial charge in [-0.1, -0.05) is 27.4 Å². The Morgan fingerprint density at radius 3 is 1.83 bits per heavy atom. The van der Waals surface area contributed by atoms with Gasteiger partial charge in [-0.25, -0.2) is 0 Å². The summed E-state index contributed by atoms with van der Waals surface area (Å²) in [5.41, 5.74) is 0.538. The molecule has 0 unspecified atom stereocenters. The van der Waals surface area contributed by atoms with Gasteiger partial charge in [0.25, 0.3) is 0 Å². The van der Waals surface area contributed by atoms with Crippen LogP contribution in [0.5, 0.6) is 0 Å². The van der Waals surface area contributed by atoms with Gasteiger partial charge in [-0.3, -0.25) is 20.7 Å². The average molecular weight is 256 g/mol. The third-order valence-corrected chi connectivity index (χ3v) is 2.61. The first-order valence-corrected chi connectivity index (χ1v) is 6.70. The number of rotatable bonds is 10. The molecule has 0 aromatic carbocycles. The van der Waals surface area contributed by atoms with E-state index in [0.717, 1.165) is 26.1 Å². The molecule has 106 valence electrons. The Bertz CT molecular complexity index is 249. The minimum absolute atomic E-state index is 0.0894. The summed E-state index contributed by atoms with van der Waals surface area (Å²) < 4.78 is 0. The molecule has 0 fully saturated rings. The number of nitrogens with one attached hydrogen (secondary N) is 4. The monoisotopic (exact) mass is 256 g/mol. The molecule has 0 aliphatic carbocycles. The van der Waals surface area contributed by atoms with Crippen LogP contribution >= 0.6 is 0 Å². The van der Waals surface area contributed by atoms with E-state index in [9.17, 15) is 4.79 Å². The summed E-state index contributed by atoms with van der Waals surface area (Å²) in [6.45, 7) is 14.7. The second kappa shape index (κ2) is 9.08. The van der Waals surface area contributed by atoms with E-state index in [1.807, 2.05) is 0 Å². The first-order chi connectivity index (χ1) is 8.51. The van der Waals surface area contributed by atoms with Crippen molar-refractivity contribution in [2.24, 2.45) is 0 Å². The minimum Gasteiger partial charge on any atom is -0.352 e. The quantitative estimate of drug-likeness (QED) is 0.340. The van der Waals surface area contributed by atoms with E-state index >= 15 is 0 Å². The predicted molar refractivity (Wildman–Crippen MR) is 76.2 cm³/mol. The number of carbonyl (C=O) groups is 1. The molecule has 0 spiro atoms. The maximum Gasteiger partial charge on any atom is 0.246 e. The molecule has 0 bridgehead atoms. The fourth-order valence-corrected chi connectivity index (χ4v) is 1.87. The fourth-order valence-electron chi connectivity index (χ4n) is 1.87. The van der Waals surface area contributed by atoms with Crippen LogP contribution < -0.4 is 21.3 Å². The molecule has 0 saturated heterocycles. The highest BCUT2D eigenvalue weighted by Crippen LogP contribution is 2.02. The van der Waals surface area contributed by atoms with E-state index in [1.54, 1.807) is 6.92 Å². The second-order valence-corrected chi connectivity index (χ2v) is 4.28. The first-order valence-electron chi connectivity index (χ1n) is 6.70. The van der Waals surface area contributed by atoms with Gasteiger partial charge in [0.1, 0.15) is 5.79 Å². The molecule has 18 heavy (non-hydrogen) atoms. The zero-order valence-corrected chi connectivity index (χ0v) is 12.2. The highest BCUT2D eigenvalue weighted by molar-refractivity contribution is 5.92. The van der Waals surface area contributed by atoms with Gasteiger partial charge in [0, 0.05) is 18.5 Å². The summed E-state index contributed by atoms with van der Waals surface area (Å²) in [6, 6.07) is 0. The number of carbonyl (C=O) groups excluding carboxylic acids is 1. The molecule has 0 rings (SSSR count). The predicted octanol–water partition coefficient (Wildman–Crippen LogP) is 0.551. The van der Waals surface area contributed by atoms with Gasteiger partial charge >= 0.3 is 0 Å². The van der Waals surface area contributed by atoms with E-state index in [-0.39, 0.29) is 11.7 Å². The molecule has 0 aromatic heterocycles. The highest BCUT2D eigenvalue weighted by atomic mass is 16.1. The zero-order chi connectivity index (χ0) is 14.0. The fraction of sp³-hybridized carbons (Fsp3) is 0.769. The highest BCUT2D eigenvalue weighted by Gasteiger charge is 2.26. The molecule has 5 heteroatoms. The lowest BCUT2D eigenvalue weighted by molar-refractivity contribution is -0.117. The van der Waals surface area contributed by atoms with E-state index in [0.29, 0.717) is 12.1 Å². The standard InChI is InChI=1S/C13H28N4O/c1-6-15-13(16-7-2,17-8-3)9-10-14-12(18)11(4)5/h15-17H,4,6-10H2,1-3,5H3,(H,14,18). The van der Waals surface area contributed by atoms with Crippen LogP contribution in [0.4, 0.5) is 0 Å². The molecule has 5 nitrogen and oxygen atoms in total. The molecule has 0 aliphatic rings. The van der Waals surface area contributed by atoms with Gasteiger partial charge in [0.15, 0.2) is 0 Å². The topological polar surface area (TPSA) is 65.2 Å². The molecule has 1 amide bonds. The zero-order valence-electron chi connectivity index (χ0n) is 12.2. The number of hydrogen-bond acceptors (Lipinski definition) is 4. The van der Waals surface area contributed by atoms with Gasteiger partial charge < -0.3 is 5.32 Å². The molecule has 0 heterocycles. The minimum atomic E-state index is -0.319. The van der Waals surface area contributed by atoms with Crippen LogP contribution in [-0.2, 0) is 4.79 Å². The van der Waals surface area contributed by atoms with Gasteiger partial charge in [-0.05, 0) is 26.6 Å². The Hall–Kier alpha value is -0.910. The van der Waals surface area contributed by atoms with Crippen LogP contribution in [0.2, 0.25) is 0 Å². The summed E-state index contributed by atoms with van der Waals surface area (Å²) in [4.78, 5) is 11.4. The van der Waals surface area contributed by atoms with Crippen LogP contribution in [0.15, 0.2) is 12.2 Å². The van der Waals surface area contributed by atoms with Gasteiger partial charge in [-0.15, -0.1) is 0 Å². The van der Waals surface area contributed by atoms with Crippen LogP contribution in [0.3, 0.4) is 0 Å². The Morgan fingerprint density at radius 1 is 1.06 bits per heavy atom. The normalized spacial score (nSPS) is 11.3. The Balaban J connectivity index is 4.37. The summed E-state index contributed by atoms with van der Waals surface area (Å²) in [5, 5.41) is 13.1. The first kappa shape index (κ1) is 17.1. The maximum atomic E-state index is 11.4. The van der Waals surface area contributed by atoms with Gasteiger partial charge in [-0.2, -0.15) is 0 Å². The van der Waals surface area contributed by atoms with Crippen molar-refractivity contribution in [2.75, 3.05) is 26.2 Å². The van der Waals surface area contributed by atoms with Gasteiger partial charge in [0.05, 0.1) is 0 Å². The number of amides is 1. The van der Waals surface area contributed by atoms with Crippen molar-refractivity contribution in [3.63, 3.8) is 0 Å².